The average molecular weight is 309 g/mol. The second-order valence-corrected chi connectivity index (χ2v) is 8.05. The highest BCUT2D eigenvalue weighted by Crippen LogP contribution is 2.34. The van der Waals surface area contributed by atoms with Gasteiger partial charge in [0.1, 0.15) is 6.10 Å². The summed E-state index contributed by atoms with van der Waals surface area (Å²) in [6.45, 7) is 6.98. The van der Waals surface area contributed by atoms with Crippen LogP contribution in [0.15, 0.2) is 0 Å². The Kier molecular flexibility index (Phi) is 7.24. The van der Waals surface area contributed by atoms with E-state index in [1.807, 2.05) is 0 Å². The molecule has 0 N–H and O–H groups in total. The fraction of sp³-hybridized carbons (Fsp3) is 0.950. The van der Waals surface area contributed by atoms with Gasteiger partial charge in [-0.2, -0.15) is 0 Å². The van der Waals surface area contributed by atoms with Gasteiger partial charge < -0.3 is 4.74 Å². The Labute approximate surface area is 137 Å². The summed E-state index contributed by atoms with van der Waals surface area (Å²) >= 11 is 0. The Hall–Kier alpha value is -0.530. The molecule has 0 aliphatic heterocycles. The van der Waals surface area contributed by atoms with Crippen LogP contribution in [0.5, 0.6) is 0 Å². The van der Waals surface area contributed by atoms with Crippen molar-refractivity contribution in [1.29, 1.82) is 0 Å². The van der Waals surface area contributed by atoms with Gasteiger partial charge in [0.2, 0.25) is 0 Å². The maximum Gasteiger partial charge on any atom is 0.309 e. The summed E-state index contributed by atoms with van der Waals surface area (Å²) in [5.41, 5.74) is 0. The molecular formula is C20H36O2. The Morgan fingerprint density at radius 1 is 1.05 bits per heavy atom. The Morgan fingerprint density at radius 2 is 1.77 bits per heavy atom. The minimum Gasteiger partial charge on any atom is -0.462 e. The fourth-order valence-corrected chi connectivity index (χ4v) is 4.45. The van der Waals surface area contributed by atoms with Crippen molar-refractivity contribution in [3.63, 3.8) is 0 Å². The Morgan fingerprint density at radius 3 is 2.45 bits per heavy atom. The van der Waals surface area contributed by atoms with E-state index in [1.54, 1.807) is 0 Å². The average Bonchev–Trinajstić information content (AvgIpc) is 2.73. The lowest BCUT2D eigenvalue weighted by Crippen LogP contribution is -2.29. The van der Waals surface area contributed by atoms with E-state index in [9.17, 15) is 4.79 Å². The monoisotopic (exact) mass is 308 g/mol. The first kappa shape index (κ1) is 17.8. The molecule has 0 aromatic carbocycles. The summed E-state index contributed by atoms with van der Waals surface area (Å²) in [6.07, 6.45) is 13.3. The van der Waals surface area contributed by atoms with Crippen molar-refractivity contribution in [2.24, 2.45) is 23.7 Å². The summed E-state index contributed by atoms with van der Waals surface area (Å²) in [5, 5.41) is 0. The molecule has 2 nitrogen and oxygen atoms in total. The van der Waals surface area contributed by atoms with Crippen LogP contribution in [0.2, 0.25) is 0 Å². The first-order valence-corrected chi connectivity index (χ1v) is 9.80. The second kappa shape index (κ2) is 8.93. The SMILES string of the molecule is CCCC(C)C1CCC(OC(=O)C2CCCC(C)CC2)CC1. The Balaban J connectivity index is 1.72. The molecule has 2 aliphatic carbocycles. The van der Waals surface area contributed by atoms with Gasteiger partial charge in [-0.1, -0.05) is 46.5 Å². The van der Waals surface area contributed by atoms with E-state index in [2.05, 4.69) is 20.8 Å². The lowest BCUT2D eigenvalue weighted by Gasteiger charge is -2.32. The van der Waals surface area contributed by atoms with Gasteiger partial charge in [-0.3, -0.25) is 4.79 Å². The molecule has 22 heavy (non-hydrogen) atoms. The molecule has 3 atom stereocenters. The van der Waals surface area contributed by atoms with Crippen LogP contribution in [0.3, 0.4) is 0 Å². The fourth-order valence-electron chi connectivity index (χ4n) is 4.45. The van der Waals surface area contributed by atoms with Gasteiger partial charge in [0, 0.05) is 0 Å². The van der Waals surface area contributed by atoms with Gasteiger partial charge in [0.15, 0.2) is 0 Å². The molecule has 0 bridgehead atoms. The van der Waals surface area contributed by atoms with Crippen molar-refractivity contribution >= 4 is 5.97 Å². The summed E-state index contributed by atoms with van der Waals surface area (Å²) in [5.74, 6) is 2.77. The van der Waals surface area contributed by atoms with Crippen molar-refractivity contribution in [3.05, 3.63) is 0 Å². The normalized spacial score (nSPS) is 34.7. The molecule has 0 aromatic heterocycles. The third-order valence-corrected chi connectivity index (χ3v) is 6.14. The highest BCUT2D eigenvalue weighted by Gasteiger charge is 2.30. The van der Waals surface area contributed by atoms with Gasteiger partial charge in [-0.05, 0) is 62.7 Å². The third-order valence-electron chi connectivity index (χ3n) is 6.14. The summed E-state index contributed by atoms with van der Waals surface area (Å²) in [4.78, 5) is 12.4. The standard InChI is InChI=1S/C20H36O2/c1-4-6-16(3)17-11-13-19(14-12-17)22-20(21)18-8-5-7-15(2)9-10-18/h15-19H,4-14H2,1-3H3. The van der Waals surface area contributed by atoms with Gasteiger partial charge in [-0.15, -0.1) is 0 Å². The van der Waals surface area contributed by atoms with Crippen LogP contribution < -0.4 is 0 Å². The first-order valence-electron chi connectivity index (χ1n) is 9.80. The van der Waals surface area contributed by atoms with E-state index in [-0.39, 0.29) is 18.0 Å². The number of carbonyl (C=O) groups excluding carboxylic acids is 1. The Bertz CT molecular complexity index is 331. The molecule has 0 amide bonds. The van der Waals surface area contributed by atoms with Crippen LogP contribution in [0.4, 0.5) is 0 Å². The zero-order valence-electron chi connectivity index (χ0n) is 15.0. The lowest BCUT2D eigenvalue weighted by molar-refractivity contribution is -0.156. The summed E-state index contributed by atoms with van der Waals surface area (Å²) in [7, 11) is 0. The van der Waals surface area contributed by atoms with Crippen LogP contribution in [0.1, 0.15) is 91.4 Å². The van der Waals surface area contributed by atoms with E-state index in [0.717, 1.165) is 43.4 Å². The molecule has 2 heteroatoms. The molecule has 2 fully saturated rings. The van der Waals surface area contributed by atoms with Gasteiger partial charge in [0.25, 0.3) is 0 Å². The van der Waals surface area contributed by atoms with Gasteiger partial charge in [-0.25, -0.2) is 0 Å². The summed E-state index contributed by atoms with van der Waals surface area (Å²) in [6, 6.07) is 0. The minimum atomic E-state index is 0.110. The van der Waals surface area contributed by atoms with E-state index < -0.39 is 0 Å². The maximum absolute atomic E-state index is 12.4. The minimum absolute atomic E-state index is 0.110. The number of ether oxygens (including phenoxy) is 1. The van der Waals surface area contributed by atoms with Crippen molar-refractivity contribution in [2.45, 2.75) is 97.5 Å². The van der Waals surface area contributed by atoms with Crippen LogP contribution in [0, 0.1) is 23.7 Å². The number of hydrogen-bond acceptors (Lipinski definition) is 2. The molecule has 128 valence electrons. The molecule has 2 saturated carbocycles. The van der Waals surface area contributed by atoms with Crippen molar-refractivity contribution in [3.8, 4) is 0 Å². The predicted octanol–water partition coefficient (Wildman–Crippen LogP) is 5.74. The molecule has 0 aromatic rings. The molecule has 3 unspecified atom stereocenters. The number of esters is 1. The number of carbonyl (C=O) groups is 1. The molecule has 0 radical (unpaired) electrons. The smallest absolute Gasteiger partial charge is 0.309 e. The quantitative estimate of drug-likeness (QED) is 0.478. The van der Waals surface area contributed by atoms with E-state index in [0.29, 0.717) is 0 Å². The zero-order chi connectivity index (χ0) is 15.9. The molecule has 0 saturated heterocycles. The zero-order valence-corrected chi connectivity index (χ0v) is 15.0. The van der Waals surface area contributed by atoms with Crippen molar-refractivity contribution < 1.29 is 9.53 Å². The highest BCUT2D eigenvalue weighted by molar-refractivity contribution is 5.72. The number of hydrogen-bond donors (Lipinski definition) is 0. The first-order chi connectivity index (χ1) is 10.6. The van der Waals surface area contributed by atoms with Crippen LogP contribution >= 0.6 is 0 Å². The van der Waals surface area contributed by atoms with Crippen molar-refractivity contribution in [2.75, 3.05) is 0 Å². The number of rotatable bonds is 5. The third kappa shape index (κ3) is 5.28. The van der Waals surface area contributed by atoms with Gasteiger partial charge >= 0.3 is 5.97 Å². The van der Waals surface area contributed by atoms with Crippen LogP contribution in [-0.2, 0) is 9.53 Å². The molecule has 2 aliphatic rings. The highest BCUT2D eigenvalue weighted by atomic mass is 16.5. The van der Waals surface area contributed by atoms with E-state index in [1.165, 1.54) is 44.9 Å². The molecular weight excluding hydrogens is 272 g/mol. The lowest BCUT2D eigenvalue weighted by atomic mass is 9.78. The van der Waals surface area contributed by atoms with Crippen LogP contribution in [0.25, 0.3) is 0 Å². The summed E-state index contributed by atoms with van der Waals surface area (Å²) < 4.78 is 5.87. The largest absolute Gasteiger partial charge is 0.462 e. The molecule has 2 rings (SSSR count). The van der Waals surface area contributed by atoms with E-state index >= 15 is 0 Å². The molecule has 0 heterocycles. The predicted molar refractivity (Wildman–Crippen MR) is 91.6 cm³/mol. The van der Waals surface area contributed by atoms with Gasteiger partial charge in [0.05, 0.1) is 5.92 Å². The van der Waals surface area contributed by atoms with Crippen LogP contribution in [-0.4, -0.2) is 12.1 Å². The van der Waals surface area contributed by atoms with Crippen molar-refractivity contribution in [1.82, 2.24) is 0 Å². The topological polar surface area (TPSA) is 26.3 Å². The second-order valence-electron chi connectivity index (χ2n) is 8.05. The van der Waals surface area contributed by atoms with E-state index in [4.69, 9.17) is 4.74 Å². The molecule has 0 spiro atoms. The maximum atomic E-state index is 12.4.